The number of aromatic nitrogens is 2. The summed E-state index contributed by atoms with van der Waals surface area (Å²) in [4.78, 5) is 4.64. The van der Waals surface area contributed by atoms with E-state index in [2.05, 4.69) is 22.5 Å². The van der Waals surface area contributed by atoms with Gasteiger partial charge in [-0.05, 0) is 25.5 Å². The van der Waals surface area contributed by atoms with Crippen molar-refractivity contribution in [1.29, 1.82) is 0 Å². The Balaban J connectivity index is 2.07. The van der Waals surface area contributed by atoms with Crippen molar-refractivity contribution in [3.63, 3.8) is 0 Å². The number of nitrogens with zero attached hydrogens (tertiary/aromatic N) is 2. The fraction of sp³-hybridized carbons (Fsp3) is 0.533. The number of benzene rings is 1. The first-order valence-electron chi connectivity index (χ1n) is 6.93. The summed E-state index contributed by atoms with van der Waals surface area (Å²) in [5.41, 5.74) is 2.05. The van der Waals surface area contributed by atoms with Crippen molar-refractivity contribution in [1.82, 2.24) is 9.55 Å². The van der Waals surface area contributed by atoms with E-state index in [0.717, 1.165) is 42.2 Å². The highest BCUT2D eigenvalue weighted by Crippen LogP contribution is 2.32. The summed E-state index contributed by atoms with van der Waals surface area (Å²) in [6.45, 7) is 3.89. The lowest BCUT2D eigenvalue weighted by Crippen LogP contribution is -2.18. The van der Waals surface area contributed by atoms with Crippen molar-refractivity contribution in [2.24, 2.45) is 5.92 Å². The van der Waals surface area contributed by atoms with E-state index in [0.29, 0.717) is 17.8 Å². The molecule has 2 aromatic rings. The molecule has 2 heterocycles. The van der Waals surface area contributed by atoms with Gasteiger partial charge in [0.2, 0.25) is 0 Å². The van der Waals surface area contributed by atoms with Crippen LogP contribution in [0.15, 0.2) is 18.2 Å². The molecule has 5 heteroatoms. The average molecular weight is 295 g/mol. The smallest absolute Gasteiger partial charge is 0.125 e. The number of halogens is 1. The summed E-state index contributed by atoms with van der Waals surface area (Å²) in [5.74, 6) is 2.67. The number of alkyl halides is 1. The topological polar surface area (TPSA) is 36.3 Å². The molecule has 1 saturated heterocycles. The standard InChI is InChI=1S/C15H19ClN2O2/c1-10(11-5-6-20-9-11)18-14-4-3-12(19-2)7-13(14)17-15(18)8-16/h3-4,7,10-11H,5-6,8-9H2,1-2H3. The maximum absolute atomic E-state index is 6.08. The van der Waals surface area contributed by atoms with Gasteiger partial charge in [0.15, 0.2) is 0 Å². The monoisotopic (exact) mass is 294 g/mol. The Kier molecular flexibility index (Phi) is 3.85. The highest BCUT2D eigenvalue weighted by atomic mass is 35.5. The zero-order valence-electron chi connectivity index (χ0n) is 11.8. The van der Waals surface area contributed by atoms with E-state index < -0.39 is 0 Å². The molecule has 1 aliphatic rings. The first kappa shape index (κ1) is 13.7. The SMILES string of the molecule is COc1ccc2c(c1)nc(CCl)n2C(C)C1CCOC1. The van der Waals surface area contributed by atoms with E-state index in [1.54, 1.807) is 7.11 Å². The maximum atomic E-state index is 6.08. The van der Waals surface area contributed by atoms with E-state index in [9.17, 15) is 0 Å². The van der Waals surface area contributed by atoms with Crippen molar-refractivity contribution >= 4 is 22.6 Å². The highest BCUT2D eigenvalue weighted by Gasteiger charge is 2.26. The first-order valence-corrected chi connectivity index (χ1v) is 7.46. The van der Waals surface area contributed by atoms with Crippen LogP contribution in [0.3, 0.4) is 0 Å². The zero-order chi connectivity index (χ0) is 14.1. The number of imidazole rings is 1. The lowest BCUT2D eigenvalue weighted by molar-refractivity contribution is 0.175. The van der Waals surface area contributed by atoms with E-state index in [-0.39, 0.29) is 0 Å². The van der Waals surface area contributed by atoms with E-state index >= 15 is 0 Å². The lowest BCUT2D eigenvalue weighted by atomic mass is 10.0. The molecule has 1 aromatic carbocycles. The van der Waals surface area contributed by atoms with Crippen molar-refractivity contribution < 1.29 is 9.47 Å². The molecule has 0 N–H and O–H groups in total. The molecule has 0 aliphatic carbocycles. The summed E-state index contributed by atoms with van der Waals surface area (Å²) >= 11 is 6.08. The van der Waals surface area contributed by atoms with Gasteiger partial charge < -0.3 is 14.0 Å². The predicted molar refractivity (Wildman–Crippen MR) is 79.5 cm³/mol. The summed E-state index contributed by atoms with van der Waals surface area (Å²) in [5, 5.41) is 0. The summed E-state index contributed by atoms with van der Waals surface area (Å²) in [6.07, 6.45) is 1.10. The van der Waals surface area contributed by atoms with Crippen LogP contribution in [0.2, 0.25) is 0 Å². The van der Waals surface area contributed by atoms with Gasteiger partial charge in [-0.2, -0.15) is 0 Å². The molecule has 1 aromatic heterocycles. The molecule has 3 rings (SSSR count). The quantitative estimate of drug-likeness (QED) is 0.811. The van der Waals surface area contributed by atoms with Gasteiger partial charge >= 0.3 is 0 Å². The van der Waals surface area contributed by atoms with E-state index in [4.69, 9.17) is 21.1 Å². The molecule has 0 saturated carbocycles. The van der Waals surface area contributed by atoms with Gasteiger partial charge in [0.25, 0.3) is 0 Å². The van der Waals surface area contributed by atoms with Crippen LogP contribution in [-0.4, -0.2) is 29.9 Å². The van der Waals surface area contributed by atoms with Crippen LogP contribution in [0.4, 0.5) is 0 Å². The highest BCUT2D eigenvalue weighted by molar-refractivity contribution is 6.16. The van der Waals surface area contributed by atoms with Crippen LogP contribution >= 0.6 is 11.6 Å². The van der Waals surface area contributed by atoms with E-state index in [1.807, 2.05) is 12.1 Å². The Morgan fingerprint density at radius 3 is 3.05 bits per heavy atom. The number of ether oxygens (including phenoxy) is 2. The molecule has 0 amide bonds. The third-order valence-corrected chi connectivity index (χ3v) is 4.38. The van der Waals surface area contributed by atoms with Crippen LogP contribution in [-0.2, 0) is 10.6 Å². The average Bonchev–Trinajstić information content (AvgIpc) is 3.12. The Labute approximate surface area is 123 Å². The van der Waals surface area contributed by atoms with Crippen molar-refractivity contribution in [3.05, 3.63) is 24.0 Å². The van der Waals surface area contributed by atoms with Crippen LogP contribution in [0, 0.1) is 5.92 Å². The molecule has 0 radical (unpaired) electrons. The molecule has 1 fully saturated rings. The van der Waals surface area contributed by atoms with Gasteiger partial charge in [0.05, 0.1) is 30.6 Å². The second-order valence-corrected chi connectivity index (χ2v) is 5.52. The van der Waals surface area contributed by atoms with Crippen molar-refractivity contribution in [2.75, 3.05) is 20.3 Å². The van der Waals surface area contributed by atoms with Crippen LogP contribution in [0.5, 0.6) is 5.75 Å². The molecule has 1 aliphatic heterocycles. The minimum atomic E-state index is 0.338. The summed E-state index contributed by atoms with van der Waals surface area (Å²) < 4.78 is 13.0. The fourth-order valence-corrected chi connectivity index (χ4v) is 3.14. The summed E-state index contributed by atoms with van der Waals surface area (Å²) in [7, 11) is 1.67. The van der Waals surface area contributed by atoms with Crippen molar-refractivity contribution in [3.8, 4) is 5.75 Å². The van der Waals surface area contributed by atoms with Crippen LogP contribution < -0.4 is 4.74 Å². The third kappa shape index (κ3) is 2.27. The van der Waals surface area contributed by atoms with Gasteiger partial charge in [-0.3, -0.25) is 0 Å². The maximum Gasteiger partial charge on any atom is 0.125 e. The molecule has 108 valence electrons. The van der Waals surface area contributed by atoms with Gasteiger partial charge in [-0.15, -0.1) is 11.6 Å². The van der Waals surface area contributed by atoms with Gasteiger partial charge in [0, 0.05) is 24.6 Å². The Morgan fingerprint density at radius 1 is 1.55 bits per heavy atom. The molecule has 20 heavy (non-hydrogen) atoms. The van der Waals surface area contributed by atoms with Gasteiger partial charge in [-0.25, -0.2) is 4.98 Å². The lowest BCUT2D eigenvalue weighted by Gasteiger charge is -2.22. The molecular formula is C15H19ClN2O2. The second kappa shape index (κ2) is 5.62. The fourth-order valence-electron chi connectivity index (χ4n) is 2.95. The van der Waals surface area contributed by atoms with E-state index in [1.165, 1.54) is 0 Å². The number of fused-ring (bicyclic) bond motifs is 1. The Bertz CT molecular complexity index is 605. The molecule has 0 spiro atoms. The van der Waals surface area contributed by atoms with Crippen molar-refractivity contribution in [2.45, 2.75) is 25.3 Å². The minimum absolute atomic E-state index is 0.338. The number of rotatable bonds is 4. The second-order valence-electron chi connectivity index (χ2n) is 5.25. The normalized spacial score (nSPS) is 20.4. The Morgan fingerprint density at radius 2 is 2.40 bits per heavy atom. The molecule has 2 atom stereocenters. The number of hydrogen-bond acceptors (Lipinski definition) is 3. The van der Waals surface area contributed by atoms with Gasteiger partial charge in [-0.1, -0.05) is 0 Å². The third-order valence-electron chi connectivity index (χ3n) is 4.14. The molecule has 4 nitrogen and oxygen atoms in total. The van der Waals surface area contributed by atoms with Gasteiger partial charge in [0.1, 0.15) is 11.6 Å². The minimum Gasteiger partial charge on any atom is -0.497 e. The zero-order valence-corrected chi connectivity index (χ0v) is 12.6. The largest absolute Gasteiger partial charge is 0.497 e. The Hall–Kier alpha value is -1.26. The molecule has 2 unspecified atom stereocenters. The predicted octanol–water partition coefficient (Wildman–Crippen LogP) is 3.38. The van der Waals surface area contributed by atoms with Crippen LogP contribution in [0.25, 0.3) is 11.0 Å². The summed E-state index contributed by atoms with van der Waals surface area (Å²) in [6, 6.07) is 6.32. The number of hydrogen-bond donors (Lipinski definition) is 0. The molecule has 0 bridgehead atoms. The number of methoxy groups -OCH3 is 1. The molecular weight excluding hydrogens is 276 g/mol. The van der Waals surface area contributed by atoms with Crippen LogP contribution in [0.1, 0.15) is 25.2 Å². The first-order chi connectivity index (χ1) is 9.74.